The minimum atomic E-state index is -0.517. The molecular formula is C45H57N3O4S. The van der Waals surface area contributed by atoms with Crippen LogP contribution in [0.5, 0.6) is 0 Å². The van der Waals surface area contributed by atoms with Gasteiger partial charge in [-0.1, -0.05) is 99.5 Å². The molecule has 1 saturated heterocycles. The lowest BCUT2D eigenvalue weighted by Crippen LogP contribution is -2.49. The molecule has 7 nitrogen and oxygen atoms in total. The maximum absolute atomic E-state index is 13.6. The van der Waals surface area contributed by atoms with E-state index in [0.717, 1.165) is 35.4 Å². The molecule has 4 aromatic carbocycles. The molecule has 0 aromatic heterocycles. The molecule has 3 unspecified atom stereocenters. The molecule has 6 rings (SSSR count). The Hall–Kier alpha value is -3.82. The Kier molecular flexibility index (Phi) is 13.9. The fourth-order valence-electron chi connectivity index (χ4n) is 7.62. The summed E-state index contributed by atoms with van der Waals surface area (Å²) < 4.78 is 18.9. The highest BCUT2D eigenvalue weighted by Crippen LogP contribution is 2.51. The van der Waals surface area contributed by atoms with E-state index in [1.54, 1.807) is 0 Å². The van der Waals surface area contributed by atoms with Gasteiger partial charge in [0.05, 0.1) is 32.0 Å². The van der Waals surface area contributed by atoms with Gasteiger partial charge in [0.2, 0.25) is 0 Å². The predicted octanol–water partition coefficient (Wildman–Crippen LogP) is 10.4. The summed E-state index contributed by atoms with van der Waals surface area (Å²) in [5.41, 5.74) is 7.08. The SMILES string of the molecule is CCCC[C@]1(CC)CSc2ccc(N(C)C)cc2[C@@H](c2cccc(NC(=O)NC3CC(OCc4ccccc4)CC(COCc4ccccc4)O3)c2)C1. The van der Waals surface area contributed by atoms with Gasteiger partial charge in [-0.2, -0.15) is 0 Å². The van der Waals surface area contributed by atoms with Gasteiger partial charge < -0.3 is 29.7 Å². The Morgan fingerprint density at radius 3 is 2.38 bits per heavy atom. The van der Waals surface area contributed by atoms with Crippen LogP contribution in [0.4, 0.5) is 16.2 Å². The Balaban J connectivity index is 1.16. The highest BCUT2D eigenvalue weighted by molar-refractivity contribution is 7.99. The number of thioether (sulfide) groups is 1. The van der Waals surface area contributed by atoms with Crippen molar-refractivity contribution in [2.75, 3.05) is 36.7 Å². The summed E-state index contributed by atoms with van der Waals surface area (Å²) in [7, 11) is 4.21. The number of benzene rings is 4. The number of nitrogens with one attached hydrogen (secondary N) is 2. The topological polar surface area (TPSA) is 72.1 Å². The van der Waals surface area contributed by atoms with Gasteiger partial charge in [0.1, 0.15) is 6.23 Å². The van der Waals surface area contributed by atoms with Crippen LogP contribution in [-0.2, 0) is 27.4 Å². The highest BCUT2D eigenvalue weighted by atomic mass is 32.2. The van der Waals surface area contributed by atoms with E-state index in [4.69, 9.17) is 14.2 Å². The summed E-state index contributed by atoms with van der Waals surface area (Å²) in [6, 6.07) is 35.4. The van der Waals surface area contributed by atoms with E-state index in [2.05, 4.69) is 104 Å². The van der Waals surface area contributed by atoms with E-state index in [1.807, 2.05) is 54.2 Å². The van der Waals surface area contributed by atoms with Crippen LogP contribution in [0.15, 0.2) is 108 Å². The first kappa shape index (κ1) is 38.9. The quantitative estimate of drug-likeness (QED) is 0.127. The second-order valence-electron chi connectivity index (χ2n) is 15.0. The molecule has 8 heteroatoms. The number of carbonyl (C=O) groups is 1. The Bertz CT molecular complexity index is 1740. The monoisotopic (exact) mass is 735 g/mol. The molecule has 2 aliphatic rings. The number of fused-ring (bicyclic) bond motifs is 1. The lowest BCUT2D eigenvalue weighted by atomic mass is 9.71. The molecule has 0 radical (unpaired) electrons. The van der Waals surface area contributed by atoms with Crippen molar-refractivity contribution in [1.82, 2.24) is 5.32 Å². The fourth-order valence-corrected chi connectivity index (χ4v) is 9.08. The normalized spacial score (nSPS) is 22.7. The smallest absolute Gasteiger partial charge is 0.321 e. The van der Waals surface area contributed by atoms with Crippen molar-refractivity contribution in [2.45, 2.75) is 101 Å². The van der Waals surface area contributed by atoms with Gasteiger partial charge in [-0.05, 0) is 77.3 Å². The highest BCUT2D eigenvalue weighted by Gasteiger charge is 2.37. The Morgan fingerprint density at radius 2 is 1.66 bits per heavy atom. The van der Waals surface area contributed by atoms with Crippen LogP contribution in [0.2, 0.25) is 0 Å². The third kappa shape index (κ3) is 10.9. The molecule has 2 N–H and O–H groups in total. The third-order valence-corrected chi connectivity index (χ3v) is 12.2. The molecule has 282 valence electrons. The minimum Gasteiger partial charge on any atom is -0.378 e. The van der Waals surface area contributed by atoms with E-state index in [1.165, 1.54) is 41.0 Å². The number of ether oxygens (including phenoxy) is 3. The molecule has 2 heterocycles. The van der Waals surface area contributed by atoms with Crippen LogP contribution in [0, 0.1) is 5.41 Å². The van der Waals surface area contributed by atoms with Crippen molar-refractivity contribution in [3.8, 4) is 0 Å². The average molecular weight is 736 g/mol. The number of amides is 2. The van der Waals surface area contributed by atoms with Crippen molar-refractivity contribution < 1.29 is 19.0 Å². The fraction of sp³-hybridized carbons (Fsp3) is 0.444. The zero-order chi connectivity index (χ0) is 37.0. The van der Waals surface area contributed by atoms with Crippen LogP contribution in [-0.4, -0.2) is 50.9 Å². The van der Waals surface area contributed by atoms with Crippen molar-refractivity contribution in [3.63, 3.8) is 0 Å². The molecule has 0 bridgehead atoms. The first-order chi connectivity index (χ1) is 25.8. The number of anilines is 2. The Morgan fingerprint density at radius 1 is 0.906 bits per heavy atom. The summed E-state index contributed by atoms with van der Waals surface area (Å²) in [6.07, 6.45) is 6.34. The molecule has 1 fully saturated rings. The number of hydrogen-bond donors (Lipinski definition) is 2. The third-order valence-electron chi connectivity index (χ3n) is 10.8. The molecule has 5 atom stereocenters. The molecular weight excluding hydrogens is 679 g/mol. The molecule has 4 aromatic rings. The molecule has 0 spiro atoms. The number of nitrogens with zero attached hydrogens (tertiary/aromatic N) is 1. The summed E-state index contributed by atoms with van der Waals surface area (Å²) in [4.78, 5) is 17.2. The second kappa shape index (κ2) is 19.0. The van der Waals surface area contributed by atoms with Crippen LogP contribution in [0.1, 0.15) is 87.0 Å². The van der Waals surface area contributed by atoms with Crippen LogP contribution in [0.3, 0.4) is 0 Å². The van der Waals surface area contributed by atoms with Gasteiger partial charge >= 0.3 is 6.03 Å². The number of carbonyl (C=O) groups excluding carboxylic acids is 1. The van der Waals surface area contributed by atoms with Gasteiger partial charge in [-0.15, -0.1) is 11.8 Å². The van der Waals surface area contributed by atoms with Crippen molar-refractivity contribution in [1.29, 1.82) is 0 Å². The van der Waals surface area contributed by atoms with Crippen LogP contribution < -0.4 is 15.5 Å². The molecule has 0 saturated carbocycles. The molecule has 53 heavy (non-hydrogen) atoms. The van der Waals surface area contributed by atoms with Crippen molar-refractivity contribution >= 4 is 29.2 Å². The van der Waals surface area contributed by atoms with Crippen LogP contribution in [0.25, 0.3) is 0 Å². The summed E-state index contributed by atoms with van der Waals surface area (Å²) in [6.45, 7) is 6.08. The maximum atomic E-state index is 13.6. The van der Waals surface area contributed by atoms with Gasteiger partial charge in [-0.25, -0.2) is 4.79 Å². The zero-order valence-electron chi connectivity index (χ0n) is 31.9. The van der Waals surface area contributed by atoms with Gasteiger partial charge in [-0.3, -0.25) is 0 Å². The van der Waals surface area contributed by atoms with Gasteiger partial charge in [0, 0.05) is 54.9 Å². The molecule has 2 amide bonds. The second-order valence-corrected chi connectivity index (χ2v) is 16.0. The zero-order valence-corrected chi connectivity index (χ0v) is 32.7. The predicted molar refractivity (Wildman–Crippen MR) is 218 cm³/mol. The minimum absolute atomic E-state index is 0.0883. The standard InChI is InChI=1S/C45H57N3O4S/c1-5-7-23-45(6-2)28-41(40-25-37(48(3)4)21-22-42(40)53-32-45)35-19-14-20-36(24-35)46-44(49)47-43-27-38(51-30-34-17-12-9-13-18-34)26-39(52-43)31-50-29-33-15-10-8-11-16-33/h8-22,24-25,38-39,41,43H,5-7,23,26-32H2,1-4H3,(H2,46,47,49)/t38?,39?,41-,43?,45+/m1/s1. The largest absolute Gasteiger partial charge is 0.378 e. The van der Waals surface area contributed by atoms with Crippen molar-refractivity contribution in [3.05, 3.63) is 125 Å². The number of hydrogen-bond acceptors (Lipinski definition) is 6. The summed E-state index contributed by atoms with van der Waals surface area (Å²) >= 11 is 2.02. The molecule has 2 aliphatic heterocycles. The maximum Gasteiger partial charge on any atom is 0.321 e. The van der Waals surface area contributed by atoms with E-state index >= 15 is 0 Å². The number of unbranched alkanes of at least 4 members (excludes halogenated alkanes) is 1. The van der Waals surface area contributed by atoms with E-state index in [9.17, 15) is 4.79 Å². The molecule has 0 aliphatic carbocycles. The number of rotatable bonds is 15. The van der Waals surface area contributed by atoms with Gasteiger partial charge in [0.25, 0.3) is 0 Å². The lowest BCUT2D eigenvalue weighted by Gasteiger charge is -2.35. The Labute approximate surface area is 321 Å². The van der Waals surface area contributed by atoms with E-state index in [0.29, 0.717) is 32.7 Å². The number of urea groups is 1. The average Bonchev–Trinajstić information content (AvgIpc) is 3.34. The van der Waals surface area contributed by atoms with Crippen molar-refractivity contribution in [2.24, 2.45) is 5.41 Å². The first-order valence-corrected chi connectivity index (χ1v) is 20.4. The van der Waals surface area contributed by atoms with E-state index in [-0.39, 0.29) is 29.6 Å². The first-order valence-electron chi connectivity index (χ1n) is 19.4. The summed E-state index contributed by atoms with van der Waals surface area (Å²) in [5.74, 6) is 1.35. The lowest BCUT2D eigenvalue weighted by molar-refractivity contribution is -0.144. The van der Waals surface area contributed by atoms with Gasteiger partial charge in [0.15, 0.2) is 0 Å². The van der Waals surface area contributed by atoms with Crippen LogP contribution >= 0.6 is 11.8 Å². The summed E-state index contributed by atoms with van der Waals surface area (Å²) in [5, 5.41) is 6.25. The van der Waals surface area contributed by atoms with E-state index < -0.39 is 6.23 Å².